The van der Waals surface area contributed by atoms with E-state index < -0.39 is 5.60 Å². The van der Waals surface area contributed by atoms with Gasteiger partial charge < -0.3 is 10.1 Å². The van der Waals surface area contributed by atoms with Gasteiger partial charge in [-0.05, 0) is 43.7 Å². The summed E-state index contributed by atoms with van der Waals surface area (Å²) in [6.45, 7) is 0. The normalized spacial score (nSPS) is 37.0. The molecule has 24 heavy (non-hydrogen) atoms. The lowest BCUT2D eigenvalue weighted by molar-refractivity contribution is -0.124. The van der Waals surface area contributed by atoms with Gasteiger partial charge >= 0.3 is 0 Å². The van der Waals surface area contributed by atoms with Crippen LogP contribution in [0.3, 0.4) is 0 Å². The molecule has 1 aliphatic heterocycles. The number of fused-ring (bicyclic) bond motifs is 3. The van der Waals surface area contributed by atoms with Crippen molar-refractivity contribution in [2.24, 2.45) is 17.8 Å². The highest BCUT2D eigenvalue weighted by Gasteiger charge is 2.70. The molecule has 1 heterocycles. The number of hydrogen-bond acceptors (Lipinski definition) is 3. The molecule has 1 aromatic rings. The molecule has 3 saturated carbocycles. The maximum Gasteiger partial charge on any atom is 0.224 e. The smallest absolute Gasteiger partial charge is 0.224 e. The van der Waals surface area contributed by atoms with Crippen molar-refractivity contribution < 1.29 is 14.3 Å². The fraction of sp³-hybridized carbons (Fsp3) is 0.600. The number of rotatable bonds is 2. The van der Waals surface area contributed by atoms with Gasteiger partial charge in [-0.3, -0.25) is 9.59 Å². The Morgan fingerprint density at radius 3 is 2.79 bits per heavy atom. The first-order valence-electron chi connectivity index (χ1n) is 9.30. The highest BCUT2D eigenvalue weighted by atomic mass is 16.5. The first-order valence-corrected chi connectivity index (χ1v) is 9.30. The Labute approximate surface area is 142 Å². The summed E-state index contributed by atoms with van der Waals surface area (Å²) in [4.78, 5) is 25.3. The van der Waals surface area contributed by atoms with E-state index in [-0.39, 0.29) is 23.5 Å². The van der Waals surface area contributed by atoms with Crippen molar-refractivity contribution in [3.05, 3.63) is 29.8 Å². The van der Waals surface area contributed by atoms with Crippen LogP contribution in [0, 0.1) is 17.8 Å². The van der Waals surface area contributed by atoms with Crippen LogP contribution in [0.15, 0.2) is 24.3 Å². The molecule has 5 rings (SSSR count). The van der Waals surface area contributed by atoms with Gasteiger partial charge in [0.25, 0.3) is 0 Å². The van der Waals surface area contributed by atoms with Crippen LogP contribution in [0.25, 0.3) is 0 Å². The Bertz CT molecular complexity index is 709. The first-order chi connectivity index (χ1) is 11.7. The van der Waals surface area contributed by atoms with E-state index in [9.17, 15) is 9.59 Å². The lowest BCUT2D eigenvalue weighted by atomic mass is 9.84. The van der Waals surface area contributed by atoms with Gasteiger partial charge in [0.1, 0.15) is 11.4 Å². The van der Waals surface area contributed by atoms with Crippen LogP contribution in [0.5, 0.6) is 5.75 Å². The van der Waals surface area contributed by atoms with Crippen molar-refractivity contribution in [2.45, 2.75) is 56.6 Å². The Kier molecular flexibility index (Phi) is 3.07. The fourth-order valence-electron chi connectivity index (χ4n) is 5.49. The highest BCUT2D eigenvalue weighted by molar-refractivity contribution is 6.00. The lowest BCUT2D eigenvalue weighted by Crippen LogP contribution is -2.45. The first kappa shape index (κ1) is 14.5. The molecule has 1 aromatic carbocycles. The summed E-state index contributed by atoms with van der Waals surface area (Å²) in [6, 6.07) is 7.88. The van der Waals surface area contributed by atoms with Crippen LogP contribution in [-0.2, 0) is 4.79 Å². The predicted octanol–water partition coefficient (Wildman–Crippen LogP) is 3.11. The molecule has 0 aromatic heterocycles. The Balaban J connectivity index is 1.35. The van der Waals surface area contributed by atoms with Crippen LogP contribution >= 0.6 is 0 Å². The molecular weight excluding hydrogens is 302 g/mol. The second-order valence-corrected chi connectivity index (χ2v) is 8.01. The van der Waals surface area contributed by atoms with Crippen molar-refractivity contribution in [1.82, 2.24) is 5.32 Å². The van der Waals surface area contributed by atoms with E-state index in [0.717, 1.165) is 25.7 Å². The number of Topliss-reactive ketones (excluding diaryl/α,β-unsaturated/α-hetero) is 1. The molecule has 4 nitrogen and oxygen atoms in total. The van der Waals surface area contributed by atoms with Gasteiger partial charge in [0, 0.05) is 17.9 Å². The molecule has 0 bridgehead atoms. The highest BCUT2D eigenvalue weighted by Crippen LogP contribution is 2.65. The quantitative estimate of drug-likeness (QED) is 0.909. The second kappa shape index (κ2) is 5.08. The van der Waals surface area contributed by atoms with Gasteiger partial charge in [-0.1, -0.05) is 25.0 Å². The molecule has 3 fully saturated rings. The maximum absolute atomic E-state index is 12.7. The molecule has 4 heteroatoms. The minimum Gasteiger partial charge on any atom is -0.486 e. The summed E-state index contributed by atoms with van der Waals surface area (Å²) in [5.41, 5.74) is 0.257. The van der Waals surface area contributed by atoms with Crippen LogP contribution in [0.2, 0.25) is 0 Å². The minimum absolute atomic E-state index is 0.0532. The summed E-state index contributed by atoms with van der Waals surface area (Å²) in [5.74, 6) is 1.75. The average Bonchev–Trinajstić information content (AvgIpc) is 2.91. The average molecular weight is 325 g/mol. The van der Waals surface area contributed by atoms with Gasteiger partial charge in [0.2, 0.25) is 5.91 Å². The van der Waals surface area contributed by atoms with Crippen LogP contribution in [-0.4, -0.2) is 23.3 Å². The van der Waals surface area contributed by atoms with Crippen molar-refractivity contribution in [3.63, 3.8) is 0 Å². The number of amides is 1. The Morgan fingerprint density at radius 1 is 1.17 bits per heavy atom. The number of ketones is 1. The fourth-order valence-corrected chi connectivity index (χ4v) is 5.49. The monoisotopic (exact) mass is 325 g/mol. The number of hydrogen-bond donors (Lipinski definition) is 1. The van der Waals surface area contributed by atoms with Gasteiger partial charge in [-0.2, -0.15) is 0 Å². The summed E-state index contributed by atoms with van der Waals surface area (Å²) < 4.78 is 6.35. The van der Waals surface area contributed by atoms with E-state index in [1.807, 2.05) is 24.3 Å². The van der Waals surface area contributed by atoms with Gasteiger partial charge in [0.15, 0.2) is 5.78 Å². The summed E-state index contributed by atoms with van der Waals surface area (Å²) in [5, 5.41) is 3.24. The minimum atomic E-state index is -0.437. The molecule has 0 radical (unpaired) electrons. The SMILES string of the molecule is O=C1C[C@]2(CC[C@H]3[C@@H](C(=O)NC4CCCC4)[C@@H]32)Oc2ccccc21. The zero-order chi connectivity index (χ0) is 16.3. The zero-order valence-electron chi connectivity index (χ0n) is 13.8. The Hall–Kier alpha value is -1.84. The van der Waals surface area contributed by atoms with Gasteiger partial charge in [-0.15, -0.1) is 0 Å². The standard InChI is InChI=1S/C20H23NO3/c22-15-11-20(24-16-8-4-3-7-13(15)16)10-9-14-17(18(14)20)19(23)21-12-5-1-2-6-12/h3-4,7-8,12,14,17-18H,1-2,5-6,9-11H2,(H,21,23)/t14-,17+,18+,20-/m0/s1. The maximum atomic E-state index is 12.7. The largest absolute Gasteiger partial charge is 0.486 e. The third-order valence-electron chi connectivity index (χ3n) is 6.64. The molecule has 1 spiro atoms. The third-order valence-corrected chi connectivity index (χ3v) is 6.64. The summed E-state index contributed by atoms with van der Waals surface area (Å²) in [7, 11) is 0. The molecule has 1 N–H and O–H groups in total. The lowest BCUT2D eigenvalue weighted by Gasteiger charge is -2.37. The summed E-state index contributed by atoms with van der Waals surface area (Å²) in [6.07, 6.45) is 7.00. The van der Waals surface area contributed by atoms with E-state index in [4.69, 9.17) is 4.74 Å². The van der Waals surface area contributed by atoms with Crippen molar-refractivity contribution >= 4 is 11.7 Å². The number of para-hydroxylation sites is 1. The second-order valence-electron chi connectivity index (χ2n) is 8.01. The number of benzene rings is 1. The number of carbonyl (C=O) groups is 2. The van der Waals surface area contributed by atoms with E-state index in [2.05, 4.69) is 5.32 Å². The third kappa shape index (κ3) is 2.04. The summed E-state index contributed by atoms with van der Waals surface area (Å²) >= 11 is 0. The van der Waals surface area contributed by atoms with Crippen LogP contribution < -0.4 is 10.1 Å². The molecule has 4 atom stereocenters. The van der Waals surface area contributed by atoms with Crippen molar-refractivity contribution in [1.29, 1.82) is 0 Å². The zero-order valence-corrected chi connectivity index (χ0v) is 13.8. The molecule has 0 saturated heterocycles. The topological polar surface area (TPSA) is 55.4 Å². The van der Waals surface area contributed by atoms with Crippen LogP contribution in [0.4, 0.5) is 0 Å². The molecule has 0 unspecified atom stereocenters. The van der Waals surface area contributed by atoms with Crippen molar-refractivity contribution in [2.75, 3.05) is 0 Å². The van der Waals surface area contributed by atoms with Gasteiger partial charge in [0.05, 0.1) is 12.0 Å². The molecule has 4 aliphatic rings. The molecular formula is C20H23NO3. The van der Waals surface area contributed by atoms with Gasteiger partial charge in [-0.25, -0.2) is 0 Å². The number of ether oxygens (including phenoxy) is 1. The van der Waals surface area contributed by atoms with Crippen molar-refractivity contribution in [3.8, 4) is 5.75 Å². The molecule has 3 aliphatic carbocycles. The molecule has 126 valence electrons. The Morgan fingerprint density at radius 2 is 1.96 bits per heavy atom. The van der Waals surface area contributed by atoms with E-state index in [1.54, 1.807) is 0 Å². The number of nitrogens with one attached hydrogen (secondary N) is 1. The van der Waals surface area contributed by atoms with Crippen LogP contribution in [0.1, 0.15) is 55.3 Å². The molecule has 1 amide bonds. The van der Waals surface area contributed by atoms with E-state index >= 15 is 0 Å². The number of carbonyl (C=O) groups excluding carboxylic acids is 2. The van der Waals surface area contributed by atoms with E-state index in [0.29, 0.717) is 29.7 Å². The van der Waals surface area contributed by atoms with E-state index in [1.165, 1.54) is 12.8 Å². The predicted molar refractivity (Wildman–Crippen MR) is 88.9 cm³/mol.